The lowest BCUT2D eigenvalue weighted by molar-refractivity contribution is -0.129. The summed E-state index contributed by atoms with van der Waals surface area (Å²) in [5, 5.41) is 4.17. The summed E-state index contributed by atoms with van der Waals surface area (Å²) < 4.78 is 0. The maximum Gasteiger partial charge on any atom is 0.232 e. The third-order valence-electron chi connectivity index (χ3n) is 4.90. The lowest BCUT2D eigenvalue weighted by Crippen LogP contribution is -2.44. The quantitative estimate of drug-likeness (QED) is 0.797. The van der Waals surface area contributed by atoms with Crippen LogP contribution >= 0.6 is 23.4 Å². The van der Waals surface area contributed by atoms with Gasteiger partial charge < -0.3 is 10.2 Å². The molecule has 1 heterocycles. The van der Waals surface area contributed by atoms with Crippen LogP contribution in [0.5, 0.6) is 0 Å². The number of rotatable bonds is 6. The summed E-state index contributed by atoms with van der Waals surface area (Å²) in [5.74, 6) is 0.728. The summed E-state index contributed by atoms with van der Waals surface area (Å²) in [6.45, 7) is 1.70. The lowest BCUT2D eigenvalue weighted by atomic mass is 10.0. The van der Waals surface area contributed by atoms with E-state index in [1.165, 1.54) is 11.1 Å². The van der Waals surface area contributed by atoms with Crippen LogP contribution in [0.2, 0.25) is 5.02 Å². The van der Waals surface area contributed by atoms with Crippen molar-refractivity contribution in [3.05, 3.63) is 70.7 Å². The van der Waals surface area contributed by atoms with Gasteiger partial charge in [-0.3, -0.25) is 4.79 Å². The molecule has 1 amide bonds. The number of carbonyl (C=O) groups excluding carboxylic acids is 1. The van der Waals surface area contributed by atoms with E-state index in [1.807, 2.05) is 42.3 Å². The first kappa shape index (κ1) is 19.3. The van der Waals surface area contributed by atoms with Crippen molar-refractivity contribution < 1.29 is 4.79 Å². The number of thioether (sulfide) groups is 1. The Balaban J connectivity index is 1.66. The third-order valence-corrected chi connectivity index (χ3v) is 6.45. The van der Waals surface area contributed by atoms with Gasteiger partial charge in [0.1, 0.15) is 0 Å². The largest absolute Gasteiger partial charge is 0.342 e. The molecule has 0 aliphatic carbocycles. The van der Waals surface area contributed by atoms with Crippen LogP contribution in [0.3, 0.4) is 0 Å². The van der Waals surface area contributed by atoms with E-state index in [1.54, 1.807) is 11.8 Å². The van der Waals surface area contributed by atoms with Gasteiger partial charge in [-0.25, -0.2) is 0 Å². The van der Waals surface area contributed by atoms with E-state index in [0.717, 1.165) is 31.0 Å². The fraction of sp³-hybridized carbons (Fsp3) is 0.381. The average Bonchev–Trinajstić information content (AvgIpc) is 2.70. The van der Waals surface area contributed by atoms with Crippen LogP contribution in [0, 0.1) is 0 Å². The molecule has 1 fully saturated rings. The number of halogens is 1. The van der Waals surface area contributed by atoms with Crippen molar-refractivity contribution in [3.63, 3.8) is 0 Å². The van der Waals surface area contributed by atoms with Gasteiger partial charge in [-0.15, -0.1) is 11.8 Å². The van der Waals surface area contributed by atoms with E-state index in [0.29, 0.717) is 11.8 Å². The molecule has 1 unspecified atom stereocenters. The summed E-state index contributed by atoms with van der Waals surface area (Å²) in [7, 11) is 1.99. The van der Waals surface area contributed by atoms with Crippen molar-refractivity contribution >= 4 is 29.3 Å². The molecule has 26 heavy (non-hydrogen) atoms. The van der Waals surface area contributed by atoms with Crippen LogP contribution in [0.15, 0.2) is 54.6 Å². The number of nitrogens with one attached hydrogen (secondary N) is 1. The first-order valence-electron chi connectivity index (χ1n) is 9.04. The Morgan fingerprint density at radius 3 is 2.35 bits per heavy atom. The summed E-state index contributed by atoms with van der Waals surface area (Å²) in [4.78, 5) is 14.7. The number of carbonyl (C=O) groups is 1. The zero-order valence-electron chi connectivity index (χ0n) is 15.0. The summed E-state index contributed by atoms with van der Waals surface area (Å²) in [6, 6.07) is 18.8. The van der Waals surface area contributed by atoms with Gasteiger partial charge in [-0.05, 0) is 43.1 Å². The van der Waals surface area contributed by atoms with Crippen molar-refractivity contribution in [1.29, 1.82) is 0 Å². The molecule has 1 N–H and O–H groups in total. The van der Waals surface area contributed by atoms with Gasteiger partial charge in [0.25, 0.3) is 0 Å². The fourth-order valence-corrected chi connectivity index (χ4v) is 4.63. The normalized spacial score (nSPS) is 16.5. The minimum Gasteiger partial charge on any atom is -0.342 e. The predicted octanol–water partition coefficient (Wildman–Crippen LogP) is 4.37. The molecule has 3 rings (SSSR count). The highest BCUT2D eigenvalue weighted by atomic mass is 35.5. The average molecular weight is 389 g/mol. The maximum atomic E-state index is 12.7. The minimum atomic E-state index is 0.132. The van der Waals surface area contributed by atoms with Crippen molar-refractivity contribution in [2.45, 2.75) is 24.1 Å². The topological polar surface area (TPSA) is 32.3 Å². The molecule has 3 nitrogen and oxygen atoms in total. The van der Waals surface area contributed by atoms with Gasteiger partial charge in [0.05, 0.1) is 11.0 Å². The summed E-state index contributed by atoms with van der Waals surface area (Å²) >= 11 is 7.73. The van der Waals surface area contributed by atoms with Gasteiger partial charge in [0.2, 0.25) is 5.91 Å². The highest BCUT2D eigenvalue weighted by Crippen LogP contribution is 2.36. The Labute approximate surface area is 165 Å². The highest BCUT2D eigenvalue weighted by Gasteiger charge is 2.23. The molecule has 2 aromatic rings. The molecule has 1 aliphatic heterocycles. The second-order valence-electron chi connectivity index (χ2n) is 6.60. The molecule has 5 heteroatoms. The Hall–Kier alpha value is -1.49. The summed E-state index contributed by atoms with van der Waals surface area (Å²) in [6.07, 6.45) is 2.07. The van der Waals surface area contributed by atoms with Crippen LogP contribution in [-0.2, 0) is 4.79 Å². The maximum absolute atomic E-state index is 12.7. The molecule has 1 atom stereocenters. The van der Waals surface area contributed by atoms with E-state index in [-0.39, 0.29) is 11.2 Å². The molecule has 0 spiro atoms. The van der Waals surface area contributed by atoms with E-state index < -0.39 is 0 Å². The molecule has 2 aromatic carbocycles. The number of hydrogen-bond acceptors (Lipinski definition) is 3. The second-order valence-corrected chi connectivity index (χ2v) is 8.13. The highest BCUT2D eigenvalue weighted by molar-refractivity contribution is 8.00. The van der Waals surface area contributed by atoms with Crippen LogP contribution in [0.4, 0.5) is 0 Å². The number of benzene rings is 2. The molecule has 1 aliphatic rings. The smallest absolute Gasteiger partial charge is 0.232 e. The Morgan fingerprint density at radius 2 is 1.73 bits per heavy atom. The number of hydrogen-bond donors (Lipinski definition) is 1. The van der Waals surface area contributed by atoms with Crippen LogP contribution in [0.25, 0.3) is 0 Å². The van der Waals surface area contributed by atoms with Gasteiger partial charge in [0.15, 0.2) is 0 Å². The standard InChI is InChI=1S/C21H25ClN2OS/c1-23-19-11-13-24(14-12-19)20(25)15-26-21(16-5-3-2-4-6-16)17-7-9-18(22)10-8-17/h2-10,19,21,23H,11-15H2,1H3. The van der Waals surface area contributed by atoms with Crippen molar-refractivity contribution in [2.75, 3.05) is 25.9 Å². The van der Waals surface area contributed by atoms with Gasteiger partial charge in [-0.2, -0.15) is 0 Å². The number of likely N-dealkylation sites (tertiary alicyclic amines) is 1. The Bertz CT molecular complexity index is 700. The number of nitrogens with zero attached hydrogens (tertiary/aromatic N) is 1. The molecule has 0 aromatic heterocycles. The Morgan fingerprint density at radius 1 is 1.12 bits per heavy atom. The first-order chi connectivity index (χ1) is 12.7. The van der Waals surface area contributed by atoms with Gasteiger partial charge >= 0.3 is 0 Å². The zero-order valence-corrected chi connectivity index (χ0v) is 16.6. The first-order valence-corrected chi connectivity index (χ1v) is 10.5. The van der Waals surface area contributed by atoms with Gasteiger partial charge in [-0.1, -0.05) is 54.1 Å². The molecule has 1 saturated heterocycles. The third kappa shape index (κ3) is 5.03. The molecular formula is C21H25ClN2OS. The Kier molecular flexibility index (Phi) is 7.00. The molecular weight excluding hydrogens is 364 g/mol. The van der Waals surface area contributed by atoms with Crippen molar-refractivity contribution in [2.24, 2.45) is 0 Å². The van der Waals surface area contributed by atoms with Crippen LogP contribution < -0.4 is 5.32 Å². The molecule has 0 radical (unpaired) electrons. The SMILES string of the molecule is CNC1CCN(C(=O)CSC(c2ccccc2)c2ccc(Cl)cc2)CC1. The van der Waals surface area contributed by atoms with Gasteiger partial charge in [0, 0.05) is 24.2 Å². The van der Waals surface area contributed by atoms with E-state index >= 15 is 0 Å². The minimum absolute atomic E-state index is 0.132. The second kappa shape index (κ2) is 9.45. The molecule has 0 saturated carbocycles. The van der Waals surface area contributed by atoms with E-state index in [4.69, 9.17) is 11.6 Å². The predicted molar refractivity (Wildman–Crippen MR) is 111 cm³/mol. The summed E-state index contributed by atoms with van der Waals surface area (Å²) in [5.41, 5.74) is 2.38. The lowest BCUT2D eigenvalue weighted by Gasteiger charge is -2.32. The van der Waals surface area contributed by atoms with E-state index in [9.17, 15) is 4.79 Å². The zero-order chi connectivity index (χ0) is 18.4. The van der Waals surface area contributed by atoms with Crippen LogP contribution in [-0.4, -0.2) is 42.7 Å². The van der Waals surface area contributed by atoms with Crippen LogP contribution in [0.1, 0.15) is 29.2 Å². The van der Waals surface area contributed by atoms with Crippen molar-refractivity contribution in [1.82, 2.24) is 10.2 Å². The monoisotopic (exact) mass is 388 g/mol. The fourth-order valence-electron chi connectivity index (χ4n) is 3.31. The van der Waals surface area contributed by atoms with E-state index in [2.05, 4.69) is 29.6 Å². The number of amides is 1. The molecule has 0 bridgehead atoms. The molecule has 138 valence electrons. The number of piperidine rings is 1. The van der Waals surface area contributed by atoms with Crippen molar-refractivity contribution in [3.8, 4) is 0 Å².